The summed E-state index contributed by atoms with van der Waals surface area (Å²) in [6.07, 6.45) is 6.08. The molecule has 1 saturated heterocycles. The summed E-state index contributed by atoms with van der Waals surface area (Å²) in [6.45, 7) is 5.67. The summed E-state index contributed by atoms with van der Waals surface area (Å²) in [6, 6.07) is 4.46. The first-order valence-corrected chi connectivity index (χ1v) is 10.3. The number of aliphatic hydroxyl groups is 1. The first-order valence-electron chi connectivity index (χ1n) is 10.3. The number of benzene rings is 1. The second kappa shape index (κ2) is 10.2. The van der Waals surface area contributed by atoms with Gasteiger partial charge in [-0.05, 0) is 31.4 Å². The third kappa shape index (κ3) is 4.84. The molecule has 5 N–H and O–H groups in total. The van der Waals surface area contributed by atoms with E-state index in [-0.39, 0.29) is 18.0 Å². The second-order valence-electron chi connectivity index (χ2n) is 7.44. The van der Waals surface area contributed by atoms with Crippen LogP contribution in [0.5, 0.6) is 0 Å². The van der Waals surface area contributed by atoms with Crippen molar-refractivity contribution in [2.45, 2.75) is 38.6 Å². The molecule has 0 bridgehead atoms. The van der Waals surface area contributed by atoms with Gasteiger partial charge in [-0.1, -0.05) is 43.0 Å². The normalized spacial score (nSPS) is 19.2. The van der Waals surface area contributed by atoms with Crippen LogP contribution >= 0.6 is 0 Å². The van der Waals surface area contributed by atoms with Crippen molar-refractivity contribution >= 4 is 22.7 Å². The number of amides is 2. The van der Waals surface area contributed by atoms with E-state index in [4.69, 9.17) is 5.73 Å². The number of nitrogens with one attached hydrogen (secondary N) is 2. The monoisotopic (exact) mass is 437 g/mol. The molecular weight excluding hydrogens is 410 g/mol. The Morgan fingerprint density at radius 2 is 2.19 bits per heavy atom. The summed E-state index contributed by atoms with van der Waals surface area (Å²) < 4.78 is 1.36. The van der Waals surface area contributed by atoms with Crippen LogP contribution in [0.15, 0.2) is 59.4 Å². The van der Waals surface area contributed by atoms with Gasteiger partial charge in [0, 0.05) is 18.7 Å². The number of piperidine rings is 1. The number of aliphatic hydroxyl groups excluding tert-OH is 1. The number of hydrogen-bond donors (Lipinski definition) is 4. The lowest BCUT2D eigenvalue weighted by Gasteiger charge is -2.28. The third-order valence-electron chi connectivity index (χ3n) is 5.26. The minimum Gasteiger partial charge on any atom is -0.374 e. The Labute approximate surface area is 185 Å². The number of hydrogen-bond acceptors (Lipinski definition) is 6. The van der Waals surface area contributed by atoms with Crippen LogP contribution < -0.4 is 21.9 Å². The van der Waals surface area contributed by atoms with E-state index in [1.807, 2.05) is 0 Å². The van der Waals surface area contributed by atoms with E-state index in [9.17, 15) is 19.5 Å². The van der Waals surface area contributed by atoms with Crippen LogP contribution in [0.2, 0.25) is 0 Å². The number of carbonyl (C=O) groups excluding carboxylic acids is 2. The van der Waals surface area contributed by atoms with E-state index in [0.29, 0.717) is 47.3 Å². The number of fused-ring (bicyclic) bond motifs is 1. The second-order valence-corrected chi connectivity index (χ2v) is 7.44. The number of nitrogens with zero attached hydrogens (tertiary/aromatic N) is 2. The molecule has 1 fully saturated rings. The fourth-order valence-corrected chi connectivity index (χ4v) is 3.77. The lowest BCUT2D eigenvalue weighted by Crippen LogP contribution is -2.47. The van der Waals surface area contributed by atoms with Crippen LogP contribution in [0.3, 0.4) is 0 Å². The number of aromatic nitrogens is 2. The van der Waals surface area contributed by atoms with Crippen molar-refractivity contribution in [3.63, 3.8) is 0 Å². The number of allylic oxidation sites excluding steroid dienone is 2. The molecule has 9 heteroatoms. The molecule has 1 aromatic heterocycles. The predicted molar refractivity (Wildman–Crippen MR) is 121 cm³/mol. The maximum Gasteiger partial charge on any atom is 0.262 e. The van der Waals surface area contributed by atoms with E-state index < -0.39 is 18.2 Å². The van der Waals surface area contributed by atoms with Crippen molar-refractivity contribution in [2.75, 3.05) is 6.54 Å². The van der Waals surface area contributed by atoms with Gasteiger partial charge in [-0.25, -0.2) is 4.98 Å². The fraction of sp³-hybridized carbons (Fsp3) is 0.304. The Morgan fingerprint density at radius 1 is 1.41 bits per heavy atom. The minimum absolute atomic E-state index is 0.0939. The molecule has 3 rings (SSSR count). The average Bonchev–Trinajstić information content (AvgIpc) is 2.76. The van der Waals surface area contributed by atoms with Gasteiger partial charge in [0.1, 0.15) is 18.1 Å². The zero-order chi connectivity index (χ0) is 23.3. The number of carbonyl (C=O) groups is 2. The molecule has 0 radical (unpaired) electrons. The molecule has 9 nitrogen and oxygen atoms in total. The van der Waals surface area contributed by atoms with Crippen molar-refractivity contribution in [3.8, 4) is 0 Å². The van der Waals surface area contributed by atoms with Gasteiger partial charge in [-0.3, -0.25) is 19.0 Å². The smallest absolute Gasteiger partial charge is 0.262 e. The number of aryl methyl sites for hydroxylation is 1. The first kappa shape index (κ1) is 23.1. The highest BCUT2D eigenvalue weighted by molar-refractivity contribution is 5.96. The number of rotatable bonds is 7. The zero-order valence-electron chi connectivity index (χ0n) is 17.9. The molecule has 1 unspecified atom stereocenters. The van der Waals surface area contributed by atoms with E-state index >= 15 is 0 Å². The van der Waals surface area contributed by atoms with Crippen molar-refractivity contribution in [3.05, 3.63) is 76.4 Å². The average molecular weight is 438 g/mol. The molecule has 2 aromatic rings. The van der Waals surface area contributed by atoms with Crippen molar-refractivity contribution in [1.29, 1.82) is 0 Å². The molecule has 1 aliphatic heterocycles. The van der Waals surface area contributed by atoms with Gasteiger partial charge in [0.05, 0.1) is 10.9 Å². The largest absolute Gasteiger partial charge is 0.374 e. The molecular formula is C23H27N5O4. The minimum atomic E-state index is -0.917. The fourth-order valence-electron chi connectivity index (χ4n) is 3.77. The lowest BCUT2D eigenvalue weighted by molar-refractivity contribution is -0.130. The van der Waals surface area contributed by atoms with Crippen LogP contribution in [0, 0.1) is 6.92 Å². The first-order chi connectivity index (χ1) is 15.4. The molecule has 2 amide bonds. The van der Waals surface area contributed by atoms with Crippen LogP contribution in [-0.4, -0.2) is 39.2 Å². The molecule has 32 heavy (non-hydrogen) atoms. The Bertz CT molecular complexity index is 1160. The summed E-state index contributed by atoms with van der Waals surface area (Å²) in [5, 5.41) is 15.3. The molecule has 1 aliphatic rings. The molecule has 0 spiro atoms. The predicted octanol–water partition coefficient (Wildman–Crippen LogP) is 0.718. The van der Waals surface area contributed by atoms with Gasteiger partial charge in [-0.2, -0.15) is 0 Å². The van der Waals surface area contributed by atoms with Gasteiger partial charge >= 0.3 is 0 Å². The maximum atomic E-state index is 13.4. The summed E-state index contributed by atoms with van der Waals surface area (Å²) in [7, 11) is 0. The van der Waals surface area contributed by atoms with Gasteiger partial charge < -0.3 is 21.5 Å². The Hall–Kier alpha value is -3.56. The van der Waals surface area contributed by atoms with Crippen LogP contribution in [0.1, 0.15) is 30.3 Å². The topological polar surface area (TPSA) is 139 Å². The Balaban J connectivity index is 1.97. The highest BCUT2D eigenvalue weighted by Crippen LogP contribution is 2.22. The standard InChI is InChI=1S/C23H27N5O4/c1-3-6-15(8-5-12-24)21(30)25-13-16-7-4-9-17-20(16)23(32)28(14(2)26-17)18-10-11-19(29)27-22(18)31/h3-9,18-19,29H,1,10-13,24H2,2H3,(H,25,30)(H,27,31)/b8-5-,15-6+/t18?,19-/m0/s1. The van der Waals surface area contributed by atoms with Crippen molar-refractivity contribution in [1.82, 2.24) is 20.2 Å². The van der Waals surface area contributed by atoms with Crippen molar-refractivity contribution < 1.29 is 14.7 Å². The summed E-state index contributed by atoms with van der Waals surface area (Å²) in [5.41, 5.74) is 6.55. The molecule has 2 atom stereocenters. The SMILES string of the molecule is C=C/C=C(\C=C/CN)C(=O)NCc1cccc2nc(C)n(C3CC[C@H](O)NC3=O)c(=O)c12. The van der Waals surface area contributed by atoms with Gasteiger partial charge in [0.15, 0.2) is 0 Å². The lowest BCUT2D eigenvalue weighted by atomic mass is 10.0. The van der Waals surface area contributed by atoms with E-state index in [2.05, 4.69) is 22.2 Å². The van der Waals surface area contributed by atoms with Crippen LogP contribution in [0.4, 0.5) is 0 Å². The van der Waals surface area contributed by atoms with Crippen LogP contribution in [-0.2, 0) is 16.1 Å². The highest BCUT2D eigenvalue weighted by atomic mass is 16.3. The Kier molecular flexibility index (Phi) is 7.34. The number of nitrogens with two attached hydrogens (primary N) is 1. The van der Waals surface area contributed by atoms with E-state index in [0.717, 1.165) is 0 Å². The van der Waals surface area contributed by atoms with E-state index in [1.165, 1.54) is 10.6 Å². The van der Waals surface area contributed by atoms with E-state index in [1.54, 1.807) is 43.4 Å². The van der Waals surface area contributed by atoms with Gasteiger partial charge in [0.25, 0.3) is 11.5 Å². The zero-order valence-corrected chi connectivity index (χ0v) is 17.9. The molecule has 1 aromatic carbocycles. The van der Waals surface area contributed by atoms with Crippen molar-refractivity contribution in [2.24, 2.45) is 5.73 Å². The Morgan fingerprint density at radius 3 is 2.88 bits per heavy atom. The quantitative estimate of drug-likeness (QED) is 0.372. The molecule has 0 aliphatic carbocycles. The highest BCUT2D eigenvalue weighted by Gasteiger charge is 2.30. The van der Waals surface area contributed by atoms with Gasteiger partial charge in [-0.15, -0.1) is 0 Å². The summed E-state index contributed by atoms with van der Waals surface area (Å²) >= 11 is 0. The summed E-state index contributed by atoms with van der Waals surface area (Å²) in [4.78, 5) is 43.0. The van der Waals surface area contributed by atoms with Gasteiger partial charge in [0.2, 0.25) is 5.91 Å². The third-order valence-corrected chi connectivity index (χ3v) is 5.26. The van der Waals surface area contributed by atoms with Crippen LogP contribution in [0.25, 0.3) is 10.9 Å². The molecule has 168 valence electrons. The molecule has 0 saturated carbocycles. The molecule has 2 heterocycles. The maximum absolute atomic E-state index is 13.4. The summed E-state index contributed by atoms with van der Waals surface area (Å²) in [5.74, 6) is -0.359.